The van der Waals surface area contributed by atoms with Gasteiger partial charge in [-0.25, -0.2) is 14.4 Å². The molecule has 0 bridgehead atoms. The van der Waals surface area contributed by atoms with Crippen LogP contribution in [-0.4, -0.2) is 60.3 Å². The first-order valence-electron chi connectivity index (χ1n) is 8.46. The van der Waals surface area contributed by atoms with Crippen molar-refractivity contribution in [1.82, 2.24) is 10.6 Å². The molecule has 0 spiro atoms. The van der Waals surface area contributed by atoms with E-state index in [4.69, 9.17) is 9.47 Å². The zero-order chi connectivity index (χ0) is 20.5. The van der Waals surface area contributed by atoms with Gasteiger partial charge in [0.25, 0.3) is 0 Å². The van der Waals surface area contributed by atoms with Crippen molar-refractivity contribution in [2.24, 2.45) is 0 Å². The van der Waals surface area contributed by atoms with Gasteiger partial charge in [-0.3, -0.25) is 0 Å². The van der Waals surface area contributed by atoms with Crippen molar-refractivity contribution in [3.05, 3.63) is 0 Å². The van der Waals surface area contributed by atoms with Gasteiger partial charge >= 0.3 is 18.2 Å². The molecular weight excluding hydrogens is 344 g/mol. The Bertz CT molecular complexity index is 480. The Morgan fingerprint density at radius 3 is 1.88 bits per heavy atom. The van der Waals surface area contributed by atoms with Gasteiger partial charge < -0.3 is 30.0 Å². The van der Waals surface area contributed by atoms with Gasteiger partial charge in [0.15, 0.2) is 0 Å². The maximum absolute atomic E-state index is 11.8. The molecule has 2 atom stereocenters. The van der Waals surface area contributed by atoms with E-state index in [2.05, 4.69) is 15.4 Å². The zero-order valence-electron chi connectivity index (χ0n) is 16.7. The van der Waals surface area contributed by atoms with E-state index < -0.39 is 41.5 Å². The summed E-state index contributed by atoms with van der Waals surface area (Å²) in [4.78, 5) is 35.1. The molecule has 0 aromatic heterocycles. The molecule has 2 amide bonds. The molecule has 0 aromatic carbocycles. The van der Waals surface area contributed by atoms with Gasteiger partial charge in [0, 0.05) is 6.54 Å². The minimum Gasteiger partial charge on any atom is -0.467 e. The molecule has 0 saturated heterocycles. The number of rotatable bonds is 7. The first kappa shape index (κ1) is 24.0. The van der Waals surface area contributed by atoms with Gasteiger partial charge in [-0.1, -0.05) is 0 Å². The quantitative estimate of drug-likeness (QED) is 0.456. The van der Waals surface area contributed by atoms with Crippen LogP contribution in [0, 0.1) is 0 Å². The number of ether oxygens (including phenoxy) is 3. The van der Waals surface area contributed by atoms with Gasteiger partial charge in [-0.2, -0.15) is 0 Å². The van der Waals surface area contributed by atoms with Crippen LogP contribution in [0.4, 0.5) is 9.59 Å². The predicted octanol–water partition coefficient (Wildman–Crippen LogP) is 1.72. The maximum Gasteiger partial charge on any atom is 0.408 e. The lowest BCUT2D eigenvalue weighted by atomic mass is 10.1. The van der Waals surface area contributed by atoms with Crippen LogP contribution in [0.15, 0.2) is 0 Å². The smallest absolute Gasteiger partial charge is 0.408 e. The van der Waals surface area contributed by atoms with E-state index in [0.717, 1.165) is 0 Å². The summed E-state index contributed by atoms with van der Waals surface area (Å²) >= 11 is 0. The number of aliphatic hydroxyl groups excluding tert-OH is 1. The second-order valence-electron chi connectivity index (χ2n) is 7.84. The van der Waals surface area contributed by atoms with E-state index in [-0.39, 0.29) is 19.4 Å². The fourth-order valence-corrected chi connectivity index (χ4v) is 1.82. The number of methoxy groups -OCH3 is 1. The molecule has 26 heavy (non-hydrogen) atoms. The molecule has 9 heteroatoms. The molecule has 0 fully saturated rings. The largest absolute Gasteiger partial charge is 0.467 e. The number of nitrogens with one attached hydrogen (secondary N) is 2. The molecular formula is C17H32N2O7. The summed E-state index contributed by atoms with van der Waals surface area (Å²) in [6.07, 6.45) is -2.06. The average molecular weight is 376 g/mol. The number of carbonyl (C=O) groups is 3. The van der Waals surface area contributed by atoms with Gasteiger partial charge in [-0.15, -0.1) is 0 Å². The van der Waals surface area contributed by atoms with Crippen LogP contribution in [0.25, 0.3) is 0 Å². The fourth-order valence-electron chi connectivity index (χ4n) is 1.82. The zero-order valence-corrected chi connectivity index (χ0v) is 16.7. The normalized spacial score (nSPS) is 14.0. The molecule has 0 rings (SSSR count). The number of aliphatic hydroxyl groups is 1. The van der Waals surface area contributed by atoms with E-state index in [1.807, 2.05) is 0 Å². The lowest BCUT2D eigenvalue weighted by molar-refractivity contribution is -0.143. The number of carbonyl (C=O) groups excluding carboxylic acids is 3. The number of hydrogen-bond acceptors (Lipinski definition) is 7. The van der Waals surface area contributed by atoms with Crippen LogP contribution < -0.4 is 10.6 Å². The highest BCUT2D eigenvalue weighted by Crippen LogP contribution is 2.10. The monoisotopic (exact) mass is 376 g/mol. The lowest BCUT2D eigenvalue weighted by Gasteiger charge is -2.23. The summed E-state index contributed by atoms with van der Waals surface area (Å²) in [5, 5.41) is 14.8. The Kier molecular flexibility index (Phi) is 9.40. The summed E-state index contributed by atoms with van der Waals surface area (Å²) in [5.74, 6) is -0.650. The molecule has 0 saturated carbocycles. The third-order valence-corrected chi connectivity index (χ3v) is 2.85. The van der Waals surface area contributed by atoms with Crippen LogP contribution >= 0.6 is 0 Å². The van der Waals surface area contributed by atoms with Gasteiger partial charge in [-0.05, 0) is 54.4 Å². The fraction of sp³-hybridized carbons (Fsp3) is 0.824. The molecule has 2 unspecified atom stereocenters. The Hall–Kier alpha value is -2.03. The SMILES string of the molecule is COC(=O)C(CCC(O)CNC(=O)OC(C)(C)C)NC(=O)OC(C)(C)C. The van der Waals surface area contributed by atoms with Crippen LogP contribution in [0.2, 0.25) is 0 Å². The number of esters is 1. The van der Waals surface area contributed by atoms with E-state index >= 15 is 0 Å². The van der Waals surface area contributed by atoms with E-state index in [0.29, 0.717) is 0 Å². The molecule has 0 radical (unpaired) electrons. The molecule has 0 aliphatic rings. The molecule has 0 aliphatic heterocycles. The van der Waals surface area contributed by atoms with Crippen molar-refractivity contribution in [3.8, 4) is 0 Å². The third-order valence-electron chi connectivity index (χ3n) is 2.85. The molecule has 0 aliphatic carbocycles. The second-order valence-corrected chi connectivity index (χ2v) is 7.84. The average Bonchev–Trinajstić information content (AvgIpc) is 2.44. The van der Waals surface area contributed by atoms with Crippen LogP contribution in [0.1, 0.15) is 54.4 Å². The summed E-state index contributed by atoms with van der Waals surface area (Å²) in [6, 6.07) is -0.967. The molecule has 0 heterocycles. The van der Waals surface area contributed by atoms with Crippen LogP contribution in [0.3, 0.4) is 0 Å². The minimum atomic E-state index is -0.967. The van der Waals surface area contributed by atoms with E-state index in [9.17, 15) is 19.5 Å². The standard InChI is InChI=1S/C17H32N2O7/c1-16(2,3)25-14(22)18-10-11(20)8-9-12(13(21)24-7)19-15(23)26-17(4,5)6/h11-12,20H,8-10H2,1-7H3,(H,18,22)(H,19,23). The predicted molar refractivity (Wildman–Crippen MR) is 94.7 cm³/mol. The minimum absolute atomic E-state index is 0.0464. The van der Waals surface area contributed by atoms with Crippen molar-refractivity contribution in [2.75, 3.05) is 13.7 Å². The number of hydrogen-bond donors (Lipinski definition) is 3. The van der Waals surface area contributed by atoms with Crippen LogP contribution in [-0.2, 0) is 19.0 Å². The van der Waals surface area contributed by atoms with Crippen LogP contribution in [0.5, 0.6) is 0 Å². The lowest BCUT2D eigenvalue weighted by Crippen LogP contribution is -2.44. The Labute approximate surface area is 154 Å². The topological polar surface area (TPSA) is 123 Å². The molecule has 0 aromatic rings. The van der Waals surface area contributed by atoms with Gasteiger partial charge in [0.05, 0.1) is 13.2 Å². The summed E-state index contributed by atoms with van der Waals surface area (Å²) in [6.45, 7) is 10.2. The summed E-state index contributed by atoms with van der Waals surface area (Å²) in [5.41, 5.74) is -1.34. The summed E-state index contributed by atoms with van der Waals surface area (Å²) < 4.78 is 14.8. The van der Waals surface area contributed by atoms with Gasteiger partial charge in [0.1, 0.15) is 17.2 Å². The summed E-state index contributed by atoms with van der Waals surface area (Å²) in [7, 11) is 1.20. The maximum atomic E-state index is 11.8. The van der Waals surface area contributed by atoms with Crippen molar-refractivity contribution in [1.29, 1.82) is 0 Å². The number of amides is 2. The van der Waals surface area contributed by atoms with Crippen molar-refractivity contribution < 1.29 is 33.7 Å². The van der Waals surface area contributed by atoms with Crippen molar-refractivity contribution in [3.63, 3.8) is 0 Å². The first-order valence-corrected chi connectivity index (χ1v) is 8.46. The Balaban J connectivity index is 4.45. The highest BCUT2D eigenvalue weighted by molar-refractivity contribution is 5.81. The first-order chi connectivity index (χ1) is 11.7. The molecule has 152 valence electrons. The molecule has 9 nitrogen and oxygen atoms in total. The highest BCUT2D eigenvalue weighted by atomic mass is 16.6. The second kappa shape index (κ2) is 10.2. The highest BCUT2D eigenvalue weighted by Gasteiger charge is 2.26. The van der Waals surface area contributed by atoms with E-state index in [1.54, 1.807) is 41.5 Å². The van der Waals surface area contributed by atoms with Crippen molar-refractivity contribution >= 4 is 18.2 Å². The third kappa shape index (κ3) is 12.3. The number of alkyl carbamates (subject to hydrolysis) is 2. The Morgan fingerprint density at radius 2 is 1.42 bits per heavy atom. The van der Waals surface area contributed by atoms with Gasteiger partial charge in [0.2, 0.25) is 0 Å². The van der Waals surface area contributed by atoms with Crippen molar-refractivity contribution in [2.45, 2.75) is 77.7 Å². The Morgan fingerprint density at radius 1 is 0.923 bits per heavy atom. The van der Waals surface area contributed by atoms with E-state index in [1.165, 1.54) is 7.11 Å². The molecule has 3 N–H and O–H groups in total.